The van der Waals surface area contributed by atoms with Crippen LogP contribution in [-0.2, 0) is 9.31 Å². The van der Waals surface area contributed by atoms with Crippen molar-refractivity contribution in [2.75, 3.05) is 0 Å². The second kappa shape index (κ2) is 3.34. The van der Waals surface area contributed by atoms with E-state index in [1.807, 2.05) is 41.5 Å². The fourth-order valence-electron chi connectivity index (χ4n) is 1.64. The molecule has 1 aliphatic heterocycles. The third-order valence-corrected chi connectivity index (χ3v) is 3.62. The Balaban J connectivity index is 2.27. The fraction of sp³-hybridized carbons (Fsp3) is 0.727. The van der Waals surface area contributed by atoms with Gasteiger partial charge < -0.3 is 14.3 Å². The molecule has 1 aromatic heterocycles. The summed E-state index contributed by atoms with van der Waals surface area (Å²) in [6, 6.07) is 0. The van der Waals surface area contributed by atoms with Crippen LogP contribution in [0.4, 0.5) is 0 Å². The van der Waals surface area contributed by atoms with E-state index in [9.17, 15) is 0 Å². The first kappa shape index (κ1) is 11.7. The lowest BCUT2D eigenvalue weighted by atomic mass is 9.89. The van der Waals surface area contributed by atoms with E-state index in [1.54, 1.807) is 0 Å². The zero-order valence-corrected chi connectivity index (χ0v) is 10.8. The Morgan fingerprint density at radius 3 is 1.94 bits per heavy atom. The summed E-state index contributed by atoms with van der Waals surface area (Å²) in [7, 11) is -0.391. The molecular weight excluding hydrogens is 203 g/mol. The largest absolute Gasteiger partial charge is 0.532 e. The highest BCUT2D eigenvalue weighted by Gasteiger charge is 2.53. The maximum atomic E-state index is 5.90. The Bertz CT molecular complexity index is 377. The number of H-pyrrole nitrogens is 1. The topological polar surface area (TPSA) is 47.1 Å². The number of rotatable bonds is 1. The third kappa shape index (κ3) is 1.68. The number of hydrogen-bond donors (Lipinski definition) is 1. The maximum absolute atomic E-state index is 5.90. The minimum atomic E-state index is -0.391. The quantitative estimate of drug-likeness (QED) is 0.729. The second-order valence-electron chi connectivity index (χ2n) is 5.42. The normalized spacial score (nSPS) is 22.8. The zero-order chi connectivity index (χ0) is 12.1. The average molecular weight is 222 g/mol. The number of aromatic nitrogens is 2. The highest BCUT2D eigenvalue weighted by atomic mass is 16.7. The number of aryl methyl sites for hydroxylation is 2. The van der Waals surface area contributed by atoms with Crippen LogP contribution in [0.25, 0.3) is 0 Å². The van der Waals surface area contributed by atoms with Crippen molar-refractivity contribution in [2.24, 2.45) is 0 Å². The fourth-order valence-corrected chi connectivity index (χ4v) is 1.64. The van der Waals surface area contributed by atoms with Crippen molar-refractivity contribution in [1.29, 1.82) is 0 Å². The van der Waals surface area contributed by atoms with E-state index in [0.29, 0.717) is 0 Å². The summed E-state index contributed by atoms with van der Waals surface area (Å²) in [4.78, 5) is 7.62. The molecular formula is C11H19BN2O2. The van der Waals surface area contributed by atoms with E-state index in [1.165, 1.54) is 0 Å². The Morgan fingerprint density at radius 2 is 1.56 bits per heavy atom. The smallest absolute Gasteiger partial charge is 0.397 e. The van der Waals surface area contributed by atoms with Crippen LogP contribution in [0.5, 0.6) is 0 Å². The van der Waals surface area contributed by atoms with Gasteiger partial charge in [-0.15, -0.1) is 0 Å². The molecule has 1 aromatic rings. The summed E-state index contributed by atoms with van der Waals surface area (Å²) in [6.45, 7) is 12.1. The van der Waals surface area contributed by atoms with Crippen molar-refractivity contribution in [2.45, 2.75) is 52.7 Å². The molecule has 0 unspecified atom stereocenters. The van der Waals surface area contributed by atoms with Gasteiger partial charge in [-0.2, -0.15) is 0 Å². The molecule has 2 rings (SSSR count). The first-order chi connectivity index (χ1) is 7.23. The Hall–Kier alpha value is -0.805. The van der Waals surface area contributed by atoms with Crippen LogP contribution in [0.2, 0.25) is 0 Å². The molecule has 1 fully saturated rings. The van der Waals surface area contributed by atoms with Gasteiger partial charge in [0.05, 0.1) is 16.9 Å². The molecule has 0 amide bonds. The van der Waals surface area contributed by atoms with Crippen molar-refractivity contribution in [1.82, 2.24) is 9.97 Å². The molecule has 0 aliphatic carbocycles. The summed E-state index contributed by atoms with van der Waals surface area (Å²) in [6.07, 6.45) is 0. The highest BCUT2D eigenvalue weighted by molar-refractivity contribution is 6.60. The molecule has 0 atom stereocenters. The van der Waals surface area contributed by atoms with E-state index in [-0.39, 0.29) is 11.2 Å². The minimum absolute atomic E-state index is 0.313. The molecule has 0 saturated carbocycles. The van der Waals surface area contributed by atoms with E-state index >= 15 is 0 Å². The molecule has 2 heterocycles. The summed E-state index contributed by atoms with van der Waals surface area (Å²) >= 11 is 0. The maximum Gasteiger partial charge on any atom is 0.532 e. The first-order valence-corrected chi connectivity index (χ1v) is 5.62. The molecule has 16 heavy (non-hydrogen) atoms. The van der Waals surface area contributed by atoms with Gasteiger partial charge in [0.1, 0.15) is 5.72 Å². The molecule has 1 N–H and O–H groups in total. The summed E-state index contributed by atoms with van der Waals surface area (Å²) < 4.78 is 11.8. The van der Waals surface area contributed by atoms with Gasteiger partial charge in [-0.1, -0.05) is 0 Å². The molecule has 5 heteroatoms. The van der Waals surface area contributed by atoms with Gasteiger partial charge in [0.15, 0.2) is 0 Å². The zero-order valence-electron chi connectivity index (χ0n) is 10.8. The highest BCUT2D eigenvalue weighted by Crippen LogP contribution is 2.36. The lowest BCUT2D eigenvalue weighted by Crippen LogP contribution is -2.41. The van der Waals surface area contributed by atoms with Crippen LogP contribution in [0.3, 0.4) is 0 Å². The predicted octanol–water partition coefficient (Wildman–Crippen LogP) is 1.33. The molecule has 0 radical (unpaired) electrons. The molecule has 4 nitrogen and oxygen atoms in total. The summed E-state index contributed by atoms with van der Waals surface area (Å²) in [5.41, 5.74) is 2.18. The number of nitrogens with zero attached hydrogens (tertiary/aromatic N) is 1. The average Bonchev–Trinajstić information content (AvgIpc) is 2.54. The van der Waals surface area contributed by atoms with Gasteiger partial charge >= 0.3 is 7.12 Å². The van der Waals surface area contributed by atoms with Crippen LogP contribution in [0, 0.1) is 13.8 Å². The van der Waals surface area contributed by atoms with E-state index in [0.717, 1.165) is 17.1 Å². The van der Waals surface area contributed by atoms with Crippen molar-refractivity contribution in [3.05, 3.63) is 11.4 Å². The van der Waals surface area contributed by atoms with Crippen LogP contribution in [0.15, 0.2) is 0 Å². The van der Waals surface area contributed by atoms with Crippen molar-refractivity contribution >= 4 is 12.8 Å². The van der Waals surface area contributed by atoms with Gasteiger partial charge in [0.25, 0.3) is 0 Å². The predicted molar refractivity (Wildman–Crippen MR) is 63.8 cm³/mol. The van der Waals surface area contributed by atoms with Gasteiger partial charge in [0.2, 0.25) is 0 Å². The van der Waals surface area contributed by atoms with Gasteiger partial charge in [-0.3, -0.25) is 0 Å². The van der Waals surface area contributed by atoms with E-state index < -0.39 is 7.12 Å². The van der Waals surface area contributed by atoms with Crippen LogP contribution < -0.4 is 5.72 Å². The minimum Gasteiger partial charge on any atom is -0.397 e. The van der Waals surface area contributed by atoms with E-state index in [2.05, 4.69) is 9.97 Å². The van der Waals surface area contributed by atoms with Crippen LogP contribution >= 0.6 is 0 Å². The van der Waals surface area contributed by atoms with E-state index in [4.69, 9.17) is 9.31 Å². The second-order valence-corrected chi connectivity index (χ2v) is 5.42. The van der Waals surface area contributed by atoms with Gasteiger partial charge in [-0.25, -0.2) is 4.98 Å². The first-order valence-electron chi connectivity index (χ1n) is 5.62. The number of imidazole rings is 1. The number of nitrogens with one attached hydrogen (secondary N) is 1. The Morgan fingerprint density at radius 1 is 1.06 bits per heavy atom. The van der Waals surface area contributed by atoms with Gasteiger partial charge in [0, 0.05) is 5.69 Å². The third-order valence-electron chi connectivity index (χ3n) is 3.62. The molecule has 0 spiro atoms. The van der Waals surface area contributed by atoms with Crippen molar-refractivity contribution in [3.8, 4) is 0 Å². The standard InChI is InChI=1S/C11H19BN2O2/c1-7-8(2)14-9(13-7)12-15-10(3,4)11(5,6)16-12/h1-6H3,(H,13,14). The van der Waals surface area contributed by atoms with Crippen LogP contribution in [0.1, 0.15) is 39.1 Å². The lowest BCUT2D eigenvalue weighted by molar-refractivity contribution is 0.00578. The monoisotopic (exact) mass is 222 g/mol. The van der Waals surface area contributed by atoms with Crippen molar-refractivity contribution < 1.29 is 9.31 Å². The molecule has 0 bridgehead atoms. The van der Waals surface area contributed by atoms with Gasteiger partial charge in [-0.05, 0) is 41.5 Å². The van der Waals surface area contributed by atoms with Crippen LogP contribution in [-0.4, -0.2) is 28.3 Å². The molecule has 88 valence electrons. The molecule has 0 aromatic carbocycles. The summed E-state index contributed by atoms with van der Waals surface area (Å²) in [5, 5.41) is 0. The lowest BCUT2D eigenvalue weighted by Gasteiger charge is -2.32. The number of hydrogen-bond acceptors (Lipinski definition) is 3. The summed E-state index contributed by atoms with van der Waals surface area (Å²) in [5.74, 6) is 0. The molecule has 1 aliphatic rings. The molecule has 1 saturated heterocycles. The number of aromatic amines is 1. The Kier molecular flexibility index (Phi) is 2.44. The van der Waals surface area contributed by atoms with Crippen molar-refractivity contribution in [3.63, 3.8) is 0 Å². The SMILES string of the molecule is Cc1nc(B2OC(C)(C)C(C)(C)O2)[nH]c1C. The Labute approximate surface area is 96.9 Å².